The molecule has 4 heteroatoms. The van der Waals surface area contributed by atoms with Gasteiger partial charge >= 0.3 is 0 Å². The monoisotopic (exact) mass is 248 g/mol. The predicted octanol–water partition coefficient (Wildman–Crippen LogP) is 2.57. The average Bonchev–Trinajstić information content (AvgIpc) is 2.90. The number of benzene rings is 1. The molecule has 1 aromatic heterocycles. The van der Waals surface area contributed by atoms with Gasteiger partial charge in [-0.1, -0.05) is 0 Å². The normalized spacial score (nSPS) is 12.2. The Kier molecular flexibility index (Phi) is 3.89. The van der Waals surface area contributed by atoms with Gasteiger partial charge in [-0.15, -0.1) is 0 Å². The molecule has 2 rings (SSSR count). The van der Waals surface area contributed by atoms with E-state index < -0.39 is 6.10 Å². The molecule has 0 aliphatic carbocycles. The molecular formula is C14H16O4. The maximum atomic E-state index is 10.2. The molecule has 0 aliphatic heterocycles. The second kappa shape index (κ2) is 5.60. The molecule has 18 heavy (non-hydrogen) atoms. The first-order chi connectivity index (χ1) is 8.74. The summed E-state index contributed by atoms with van der Waals surface area (Å²) in [6, 6.07) is 7.19. The number of furan rings is 1. The standard InChI is InChI=1S/C14H16O4/c1-16-11-3-4-14(17-2)12(8-11)13(15)7-10-5-6-18-9-10/h3-6,8-9,13,15H,7H2,1-2H3. The molecule has 0 radical (unpaired) electrons. The molecule has 1 N–H and O–H groups in total. The molecule has 0 saturated heterocycles. The van der Waals surface area contributed by atoms with Crippen LogP contribution in [0.25, 0.3) is 0 Å². The van der Waals surface area contributed by atoms with Crippen molar-refractivity contribution in [2.24, 2.45) is 0 Å². The minimum Gasteiger partial charge on any atom is -0.497 e. The van der Waals surface area contributed by atoms with Crippen LogP contribution in [0.3, 0.4) is 0 Å². The van der Waals surface area contributed by atoms with Crippen molar-refractivity contribution in [3.8, 4) is 11.5 Å². The summed E-state index contributed by atoms with van der Waals surface area (Å²) in [5, 5.41) is 10.2. The Bertz CT molecular complexity index is 491. The number of rotatable bonds is 5. The largest absolute Gasteiger partial charge is 0.497 e. The van der Waals surface area contributed by atoms with Crippen LogP contribution in [0.2, 0.25) is 0 Å². The van der Waals surface area contributed by atoms with Crippen molar-refractivity contribution in [1.29, 1.82) is 0 Å². The molecule has 1 unspecified atom stereocenters. The van der Waals surface area contributed by atoms with E-state index in [1.54, 1.807) is 44.9 Å². The van der Waals surface area contributed by atoms with Gasteiger partial charge in [0.15, 0.2) is 0 Å². The van der Waals surface area contributed by atoms with Crippen LogP contribution in [0.1, 0.15) is 17.2 Å². The Labute approximate surface area is 106 Å². The fourth-order valence-corrected chi connectivity index (χ4v) is 1.84. The average molecular weight is 248 g/mol. The van der Waals surface area contributed by atoms with Gasteiger partial charge < -0.3 is 19.0 Å². The molecule has 96 valence electrons. The first-order valence-corrected chi connectivity index (χ1v) is 5.65. The van der Waals surface area contributed by atoms with Crippen molar-refractivity contribution >= 4 is 0 Å². The zero-order chi connectivity index (χ0) is 13.0. The van der Waals surface area contributed by atoms with E-state index in [0.717, 1.165) is 5.56 Å². The summed E-state index contributed by atoms with van der Waals surface area (Å²) in [6.45, 7) is 0. The van der Waals surface area contributed by atoms with Crippen molar-refractivity contribution in [2.45, 2.75) is 12.5 Å². The lowest BCUT2D eigenvalue weighted by atomic mass is 10.0. The van der Waals surface area contributed by atoms with E-state index in [9.17, 15) is 5.11 Å². The third kappa shape index (κ3) is 2.65. The summed E-state index contributed by atoms with van der Waals surface area (Å²) in [5.41, 5.74) is 1.64. The Hall–Kier alpha value is -1.94. The van der Waals surface area contributed by atoms with Gasteiger partial charge in [-0.05, 0) is 29.8 Å². The van der Waals surface area contributed by atoms with Crippen molar-refractivity contribution in [1.82, 2.24) is 0 Å². The van der Waals surface area contributed by atoms with Gasteiger partial charge in [0.05, 0.1) is 32.8 Å². The van der Waals surface area contributed by atoms with Gasteiger partial charge in [-0.3, -0.25) is 0 Å². The molecule has 0 bridgehead atoms. The van der Waals surface area contributed by atoms with E-state index in [0.29, 0.717) is 23.5 Å². The predicted molar refractivity (Wildman–Crippen MR) is 66.9 cm³/mol. The Morgan fingerprint density at radius 2 is 2.06 bits per heavy atom. The second-order valence-electron chi connectivity index (χ2n) is 3.96. The fraction of sp³-hybridized carbons (Fsp3) is 0.286. The lowest BCUT2D eigenvalue weighted by Gasteiger charge is -2.15. The third-order valence-electron chi connectivity index (χ3n) is 2.81. The Balaban J connectivity index is 2.24. The summed E-state index contributed by atoms with van der Waals surface area (Å²) in [7, 11) is 3.17. The highest BCUT2D eigenvalue weighted by Gasteiger charge is 2.15. The third-order valence-corrected chi connectivity index (χ3v) is 2.81. The van der Waals surface area contributed by atoms with E-state index in [4.69, 9.17) is 13.9 Å². The van der Waals surface area contributed by atoms with E-state index in [-0.39, 0.29) is 0 Å². The molecule has 1 atom stereocenters. The van der Waals surface area contributed by atoms with Crippen LogP contribution in [-0.2, 0) is 6.42 Å². The van der Waals surface area contributed by atoms with Gasteiger partial charge in [0.1, 0.15) is 11.5 Å². The summed E-state index contributed by atoms with van der Waals surface area (Å²) >= 11 is 0. The van der Waals surface area contributed by atoms with Crippen LogP contribution >= 0.6 is 0 Å². The Morgan fingerprint density at radius 3 is 2.67 bits per heavy atom. The van der Waals surface area contributed by atoms with Gasteiger partial charge in [0, 0.05) is 12.0 Å². The van der Waals surface area contributed by atoms with E-state index in [2.05, 4.69) is 0 Å². The molecule has 0 amide bonds. The van der Waals surface area contributed by atoms with E-state index >= 15 is 0 Å². The SMILES string of the molecule is COc1ccc(OC)c(C(O)Cc2ccoc2)c1. The lowest BCUT2D eigenvalue weighted by Crippen LogP contribution is -2.04. The molecule has 0 fully saturated rings. The molecule has 1 aromatic carbocycles. The first kappa shape index (κ1) is 12.5. The maximum absolute atomic E-state index is 10.2. The summed E-state index contributed by atoms with van der Waals surface area (Å²) < 4.78 is 15.4. The van der Waals surface area contributed by atoms with Gasteiger partial charge in [-0.2, -0.15) is 0 Å². The highest BCUT2D eigenvalue weighted by molar-refractivity contribution is 5.42. The number of aliphatic hydroxyl groups is 1. The molecular weight excluding hydrogens is 232 g/mol. The number of methoxy groups -OCH3 is 2. The quantitative estimate of drug-likeness (QED) is 0.883. The summed E-state index contributed by atoms with van der Waals surface area (Å²) in [4.78, 5) is 0. The summed E-state index contributed by atoms with van der Waals surface area (Å²) in [5.74, 6) is 1.34. The highest BCUT2D eigenvalue weighted by atomic mass is 16.5. The molecule has 4 nitrogen and oxygen atoms in total. The van der Waals surface area contributed by atoms with Gasteiger partial charge in [-0.25, -0.2) is 0 Å². The molecule has 0 spiro atoms. The highest BCUT2D eigenvalue weighted by Crippen LogP contribution is 2.31. The number of hydrogen-bond donors (Lipinski definition) is 1. The zero-order valence-corrected chi connectivity index (χ0v) is 10.4. The van der Waals surface area contributed by atoms with Gasteiger partial charge in [0.25, 0.3) is 0 Å². The number of hydrogen-bond acceptors (Lipinski definition) is 4. The first-order valence-electron chi connectivity index (χ1n) is 5.65. The van der Waals surface area contributed by atoms with Crippen LogP contribution in [0, 0.1) is 0 Å². The minimum atomic E-state index is -0.660. The maximum Gasteiger partial charge on any atom is 0.124 e. The number of aliphatic hydroxyl groups excluding tert-OH is 1. The van der Waals surface area contributed by atoms with Crippen LogP contribution < -0.4 is 9.47 Å². The molecule has 0 saturated carbocycles. The Morgan fingerprint density at radius 1 is 1.22 bits per heavy atom. The van der Waals surface area contributed by atoms with Crippen molar-refractivity contribution in [2.75, 3.05) is 14.2 Å². The molecule has 1 heterocycles. The molecule has 2 aromatic rings. The van der Waals surface area contributed by atoms with Crippen LogP contribution in [0.4, 0.5) is 0 Å². The molecule has 0 aliphatic rings. The van der Waals surface area contributed by atoms with Crippen molar-refractivity contribution < 1.29 is 19.0 Å². The summed E-state index contributed by atoms with van der Waals surface area (Å²) in [6.07, 6.45) is 3.02. The zero-order valence-electron chi connectivity index (χ0n) is 10.4. The smallest absolute Gasteiger partial charge is 0.124 e. The van der Waals surface area contributed by atoms with Crippen molar-refractivity contribution in [3.05, 3.63) is 47.9 Å². The van der Waals surface area contributed by atoms with Gasteiger partial charge in [0.2, 0.25) is 0 Å². The lowest BCUT2D eigenvalue weighted by molar-refractivity contribution is 0.173. The topological polar surface area (TPSA) is 51.8 Å². The van der Waals surface area contributed by atoms with E-state index in [1.807, 2.05) is 6.07 Å². The van der Waals surface area contributed by atoms with E-state index in [1.165, 1.54) is 0 Å². The number of ether oxygens (including phenoxy) is 2. The van der Waals surface area contributed by atoms with Crippen LogP contribution in [-0.4, -0.2) is 19.3 Å². The second-order valence-corrected chi connectivity index (χ2v) is 3.96. The fourth-order valence-electron chi connectivity index (χ4n) is 1.84. The van der Waals surface area contributed by atoms with Crippen molar-refractivity contribution in [3.63, 3.8) is 0 Å². The van der Waals surface area contributed by atoms with Crippen LogP contribution in [0.15, 0.2) is 41.2 Å². The minimum absolute atomic E-state index is 0.472. The van der Waals surface area contributed by atoms with Crippen LogP contribution in [0.5, 0.6) is 11.5 Å².